The first-order valence-corrected chi connectivity index (χ1v) is 4.66. The predicted octanol–water partition coefficient (Wildman–Crippen LogP) is 1.50. The minimum atomic E-state index is -0.451. The molecule has 0 aromatic carbocycles. The van der Waals surface area contributed by atoms with E-state index in [9.17, 15) is 4.79 Å². The van der Waals surface area contributed by atoms with Crippen LogP contribution in [0.3, 0.4) is 0 Å². The summed E-state index contributed by atoms with van der Waals surface area (Å²) in [6.07, 6.45) is 0.790. The van der Waals surface area contributed by atoms with Gasteiger partial charge in [0.15, 0.2) is 0 Å². The largest absolute Gasteiger partial charge is 0.485 e. The van der Waals surface area contributed by atoms with Gasteiger partial charge in [0.2, 0.25) is 10.8 Å². The van der Waals surface area contributed by atoms with Crippen LogP contribution in [0.1, 0.15) is 22.4 Å². The van der Waals surface area contributed by atoms with E-state index in [0.717, 1.165) is 11.4 Å². The summed E-state index contributed by atoms with van der Waals surface area (Å²) < 4.78 is 9.57. The number of hydrogen-bond acceptors (Lipinski definition) is 5. The van der Waals surface area contributed by atoms with Crippen LogP contribution in [0.25, 0.3) is 0 Å². The van der Waals surface area contributed by atoms with Crippen LogP contribution in [0.15, 0.2) is 0 Å². The van der Waals surface area contributed by atoms with Gasteiger partial charge in [-0.15, -0.1) is 0 Å². The summed E-state index contributed by atoms with van der Waals surface area (Å²) in [5.74, 6) is -0.451. The fourth-order valence-corrected chi connectivity index (χ4v) is 1.67. The molecular weight excluding hydrogens is 190 g/mol. The molecule has 0 unspecified atom stereocenters. The Kier molecular flexibility index (Phi) is 3.25. The molecule has 1 aromatic rings. The first-order chi connectivity index (χ1) is 6.22. The number of methoxy groups -OCH3 is 2. The van der Waals surface area contributed by atoms with E-state index in [0.29, 0.717) is 5.06 Å². The van der Waals surface area contributed by atoms with Crippen molar-refractivity contribution < 1.29 is 14.3 Å². The highest BCUT2D eigenvalue weighted by Gasteiger charge is 2.18. The van der Waals surface area contributed by atoms with Gasteiger partial charge in [0.1, 0.15) is 0 Å². The molecule has 0 fully saturated rings. The second kappa shape index (κ2) is 4.23. The van der Waals surface area contributed by atoms with Crippen molar-refractivity contribution in [2.75, 3.05) is 14.2 Å². The Morgan fingerprint density at radius 1 is 1.54 bits per heavy atom. The Morgan fingerprint density at radius 3 is 2.69 bits per heavy atom. The summed E-state index contributed by atoms with van der Waals surface area (Å²) in [5, 5.41) is 1.39. The van der Waals surface area contributed by atoms with Gasteiger partial charge in [-0.2, -0.15) is 0 Å². The molecule has 0 amide bonds. The molecule has 1 aromatic heterocycles. The van der Waals surface area contributed by atoms with E-state index in [-0.39, 0.29) is 5.69 Å². The second-order valence-electron chi connectivity index (χ2n) is 2.29. The van der Waals surface area contributed by atoms with E-state index in [1.165, 1.54) is 25.6 Å². The Labute approximate surface area is 80.5 Å². The zero-order chi connectivity index (χ0) is 9.84. The first kappa shape index (κ1) is 9.98. The molecule has 13 heavy (non-hydrogen) atoms. The zero-order valence-electron chi connectivity index (χ0n) is 7.79. The van der Waals surface area contributed by atoms with Gasteiger partial charge >= 0.3 is 5.97 Å². The summed E-state index contributed by atoms with van der Waals surface area (Å²) in [5.41, 5.74) is 0.270. The number of carbonyl (C=O) groups is 1. The van der Waals surface area contributed by atoms with Crippen molar-refractivity contribution in [3.63, 3.8) is 0 Å². The Bertz CT molecular complexity index is 308. The third kappa shape index (κ3) is 1.98. The SMILES string of the molecule is CCc1nc(C(=O)OC)c(OC)s1. The zero-order valence-corrected chi connectivity index (χ0v) is 8.60. The van der Waals surface area contributed by atoms with Gasteiger partial charge in [-0.3, -0.25) is 0 Å². The third-order valence-electron chi connectivity index (χ3n) is 1.51. The fourth-order valence-electron chi connectivity index (χ4n) is 0.864. The highest BCUT2D eigenvalue weighted by atomic mass is 32.1. The van der Waals surface area contributed by atoms with Gasteiger partial charge in [-0.25, -0.2) is 9.78 Å². The van der Waals surface area contributed by atoms with Crippen molar-refractivity contribution in [2.24, 2.45) is 0 Å². The molecule has 0 aliphatic rings. The predicted molar refractivity (Wildman–Crippen MR) is 49.4 cm³/mol. The third-order valence-corrected chi connectivity index (χ3v) is 2.67. The standard InChI is InChI=1S/C8H11NO3S/c1-4-5-9-6(7(10)11-2)8(12-3)13-5/h4H2,1-3H3. The fraction of sp³-hybridized carbons (Fsp3) is 0.500. The summed E-state index contributed by atoms with van der Waals surface area (Å²) in [7, 11) is 2.84. The lowest BCUT2D eigenvalue weighted by atomic mass is 10.4. The van der Waals surface area contributed by atoms with Crippen molar-refractivity contribution in [1.29, 1.82) is 0 Å². The molecule has 0 aliphatic heterocycles. The van der Waals surface area contributed by atoms with Gasteiger partial charge in [0, 0.05) is 0 Å². The molecule has 0 N–H and O–H groups in total. The van der Waals surface area contributed by atoms with Gasteiger partial charge < -0.3 is 9.47 Å². The average molecular weight is 201 g/mol. The summed E-state index contributed by atoms with van der Waals surface area (Å²) in [6.45, 7) is 1.97. The number of carbonyl (C=O) groups excluding carboxylic acids is 1. The van der Waals surface area contributed by atoms with Gasteiger partial charge in [0.05, 0.1) is 19.2 Å². The Hall–Kier alpha value is -1.10. The number of aryl methyl sites for hydroxylation is 1. The van der Waals surface area contributed by atoms with Crippen molar-refractivity contribution in [1.82, 2.24) is 4.98 Å². The smallest absolute Gasteiger partial charge is 0.361 e. The molecule has 1 heterocycles. The van der Waals surface area contributed by atoms with Crippen LogP contribution in [-0.4, -0.2) is 25.2 Å². The molecule has 0 radical (unpaired) electrons. The van der Waals surface area contributed by atoms with Crippen molar-refractivity contribution in [2.45, 2.75) is 13.3 Å². The summed E-state index contributed by atoms with van der Waals surface area (Å²) in [4.78, 5) is 15.3. The van der Waals surface area contributed by atoms with E-state index in [4.69, 9.17) is 4.74 Å². The number of hydrogen-bond donors (Lipinski definition) is 0. The van der Waals surface area contributed by atoms with Crippen molar-refractivity contribution in [3.05, 3.63) is 10.7 Å². The normalized spacial score (nSPS) is 9.77. The Balaban J connectivity index is 3.03. The molecule has 4 nitrogen and oxygen atoms in total. The molecule has 5 heteroatoms. The van der Waals surface area contributed by atoms with E-state index in [2.05, 4.69) is 9.72 Å². The van der Waals surface area contributed by atoms with Crippen molar-refractivity contribution >= 4 is 17.3 Å². The number of rotatable bonds is 3. The van der Waals surface area contributed by atoms with Gasteiger partial charge in [0.25, 0.3) is 0 Å². The van der Waals surface area contributed by atoms with E-state index in [1.54, 1.807) is 0 Å². The first-order valence-electron chi connectivity index (χ1n) is 3.84. The number of thiazole rings is 1. The van der Waals surface area contributed by atoms with Crippen LogP contribution in [0.5, 0.6) is 5.06 Å². The number of nitrogens with zero attached hydrogens (tertiary/aromatic N) is 1. The van der Waals surface area contributed by atoms with Crippen LogP contribution in [0.2, 0.25) is 0 Å². The molecule has 0 bridgehead atoms. The molecule has 0 spiro atoms. The number of aromatic nitrogens is 1. The molecular formula is C8H11NO3S. The second-order valence-corrected chi connectivity index (χ2v) is 3.34. The quantitative estimate of drug-likeness (QED) is 0.695. The maximum Gasteiger partial charge on any atom is 0.361 e. The highest BCUT2D eigenvalue weighted by molar-refractivity contribution is 7.13. The lowest BCUT2D eigenvalue weighted by Gasteiger charge is -1.96. The van der Waals surface area contributed by atoms with Crippen molar-refractivity contribution in [3.8, 4) is 5.06 Å². The Morgan fingerprint density at radius 2 is 2.23 bits per heavy atom. The monoisotopic (exact) mass is 201 g/mol. The minimum absolute atomic E-state index is 0.270. The maximum atomic E-state index is 11.2. The van der Waals surface area contributed by atoms with Crippen LogP contribution < -0.4 is 4.74 Å². The maximum absolute atomic E-state index is 11.2. The van der Waals surface area contributed by atoms with Crippen LogP contribution in [0, 0.1) is 0 Å². The van der Waals surface area contributed by atoms with E-state index in [1.807, 2.05) is 6.92 Å². The molecule has 1 rings (SSSR count). The van der Waals surface area contributed by atoms with Gasteiger partial charge in [-0.05, 0) is 6.42 Å². The van der Waals surface area contributed by atoms with Gasteiger partial charge in [-0.1, -0.05) is 18.3 Å². The van der Waals surface area contributed by atoms with E-state index >= 15 is 0 Å². The average Bonchev–Trinajstić information content (AvgIpc) is 2.59. The summed E-state index contributed by atoms with van der Waals surface area (Å²) in [6, 6.07) is 0. The minimum Gasteiger partial charge on any atom is -0.485 e. The number of ether oxygens (including phenoxy) is 2. The lowest BCUT2D eigenvalue weighted by Crippen LogP contribution is -2.03. The number of esters is 1. The highest BCUT2D eigenvalue weighted by Crippen LogP contribution is 2.27. The molecule has 72 valence electrons. The summed E-state index contributed by atoms with van der Waals surface area (Å²) >= 11 is 1.37. The van der Waals surface area contributed by atoms with E-state index < -0.39 is 5.97 Å². The van der Waals surface area contributed by atoms with Crippen LogP contribution >= 0.6 is 11.3 Å². The lowest BCUT2D eigenvalue weighted by molar-refractivity contribution is 0.0591. The topological polar surface area (TPSA) is 48.4 Å². The molecule has 0 saturated carbocycles. The molecule has 0 aliphatic carbocycles. The van der Waals surface area contributed by atoms with Crippen LogP contribution in [-0.2, 0) is 11.2 Å². The van der Waals surface area contributed by atoms with Crippen LogP contribution in [0.4, 0.5) is 0 Å². The molecule has 0 saturated heterocycles. The molecule has 0 atom stereocenters.